The van der Waals surface area contributed by atoms with Crippen molar-refractivity contribution in [3.8, 4) is 5.75 Å². The minimum atomic E-state index is -0.953. The molecule has 2 rings (SSSR count). The fraction of sp³-hybridized carbons (Fsp3) is 0.125. The lowest BCUT2D eigenvalue weighted by molar-refractivity contribution is -0.394. The Bertz CT molecular complexity index is 864. The van der Waals surface area contributed by atoms with Gasteiger partial charge in [0.2, 0.25) is 0 Å². The van der Waals surface area contributed by atoms with Gasteiger partial charge in [-0.15, -0.1) is 0 Å². The molecule has 0 fully saturated rings. The third-order valence-electron chi connectivity index (χ3n) is 3.29. The first-order valence-electron chi connectivity index (χ1n) is 7.49. The number of hydrogen-bond acceptors (Lipinski definition) is 7. The number of carbonyl (C=O) groups excluding carboxylic acids is 2. The molecule has 0 aliphatic heterocycles. The molecule has 0 heterocycles. The van der Waals surface area contributed by atoms with Crippen molar-refractivity contribution in [2.24, 2.45) is 0 Å². The number of nitro groups is 2. The number of carbonyl (C=O) groups is 2. The van der Waals surface area contributed by atoms with Crippen LogP contribution in [0, 0.1) is 27.2 Å². The van der Waals surface area contributed by atoms with E-state index in [1.807, 2.05) is 12.3 Å². The van der Waals surface area contributed by atoms with E-state index in [2.05, 4.69) is 5.43 Å². The molecule has 2 amide bonds. The van der Waals surface area contributed by atoms with Gasteiger partial charge in [0.25, 0.3) is 23.2 Å². The quantitative estimate of drug-likeness (QED) is 0.575. The van der Waals surface area contributed by atoms with Crippen LogP contribution in [0.15, 0.2) is 42.5 Å². The highest BCUT2D eigenvalue weighted by atomic mass is 16.6. The minimum absolute atomic E-state index is 0.351. The zero-order valence-corrected chi connectivity index (χ0v) is 14.0. The lowest BCUT2D eigenvalue weighted by atomic mass is 10.1. The Kier molecular flexibility index (Phi) is 5.99. The van der Waals surface area contributed by atoms with Crippen LogP contribution in [0.25, 0.3) is 0 Å². The van der Waals surface area contributed by atoms with E-state index in [1.165, 1.54) is 0 Å². The molecule has 11 nitrogen and oxygen atoms in total. The predicted octanol–water partition coefficient (Wildman–Crippen LogP) is 1.65. The number of amides is 2. The average Bonchev–Trinajstić information content (AvgIpc) is 2.65. The maximum Gasteiger partial charge on any atom is 0.277 e. The van der Waals surface area contributed by atoms with Gasteiger partial charge in [0.1, 0.15) is 5.75 Å². The molecule has 0 saturated carbocycles. The van der Waals surface area contributed by atoms with Crippen LogP contribution < -0.4 is 15.6 Å². The zero-order chi connectivity index (χ0) is 20.0. The molecule has 0 aliphatic carbocycles. The average molecular weight is 374 g/mol. The van der Waals surface area contributed by atoms with Crippen molar-refractivity contribution < 1.29 is 24.2 Å². The smallest absolute Gasteiger partial charge is 0.277 e. The predicted molar refractivity (Wildman–Crippen MR) is 92.0 cm³/mol. The lowest BCUT2D eigenvalue weighted by Gasteiger charge is -2.09. The molecule has 0 saturated heterocycles. The number of nitrogens with one attached hydrogen (secondary N) is 2. The van der Waals surface area contributed by atoms with Gasteiger partial charge in [-0.1, -0.05) is 17.7 Å². The topological polar surface area (TPSA) is 154 Å². The van der Waals surface area contributed by atoms with Gasteiger partial charge in [0.05, 0.1) is 21.5 Å². The summed E-state index contributed by atoms with van der Waals surface area (Å²) in [6.45, 7) is 1.50. The molecule has 0 bridgehead atoms. The summed E-state index contributed by atoms with van der Waals surface area (Å²) in [4.78, 5) is 43.6. The van der Waals surface area contributed by atoms with Gasteiger partial charge in [-0.2, -0.15) is 0 Å². The molecular weight excluding hydrogens is 360 g/mol. The largest absolute Gasteiger partial charge is 0.484 e. The van der Waals surface area contributed by atoms with Crippen LogP contribution in [0.3, 0.4) is 0 Å². The van der Waals surface area contributed by atoms with Crippen LogP contribution >= 0.6 is 0 Å². The van der Waals surface area contributed by atoms with Gasteiger partial charge in [-0.25, -0.2) is 0 Å². The van der Waals surface area contributed by atoms with E-state index >= 15 is 0 Å². The summed E-state index contributed by atoms with van der Waals surface area (Å²) in [5.41, 5.74) is 3.49. The molecule has 140 valence electrons. The van der Waals surface area contributed by atoms with Gasteiger partial charge in [-0.3, -0.25) is 40.7 Å². The molecule has 0 aromatic heterocycles. The first kappa shape index (κ1) is 19.3. The van der Waals surface area contributed by atoms with Crippen molar-refractivity contribution in [2.75, 3.05) is 6.61 Å². The molecule has 11 heteroatoms. The summed E-state index contributed by atoms with van der Waals surface area (Å²) in [6.07, 6.45) is 0. The van der Waals surface area contributed by atoms with E-state index < -0.39 is 39.6 Å². The van der Waals surface area contributed by atoms with Gasteiger partial charge >= 0.3 is 0 Å². The first-order valence-corrected chi connectivity index (χ1v) is 7.49. The van der Waals surface area contributed by atoms with Crippen molar-refractivity contribution in [1.82, 2.24) is 10.9 Å². The monoisotopic (exact) mass is 374 g/mol. The highest BCUT2D eigenvalue weighted by Crippen LogP contribution is 2.22. The van der Waals surface area contributed by atoms with Crippen LogP contribution in [0.4, 0.5) is 11.4 Å². The second kappa shape index (κ2) is 8.38. The molecule has 0 spiro atoms. The fourth-order valence-electron chi connectivity index (χ4n) is 1.96. The summed E-state index contributed by atoms with van der Waals surface area (Å²) in [6, 6.07) is 9.38. The van der Waals surface area contributed by atoms with Crippen molar-refractivity contribution in [3.63, 3.8) is 0 Å². The molecular formula is C16H14N4O7. The Hall–Kier alpha value is -4.02. The zero-order valence-electron chi connectivity index (χ0n) is 14.0. The van der Waals surface area contributed by atoms with E-state index in [1.54, 1.807) is 24.3 Å². The van der Waals surface area contributed by atoms with Gasteiger partial charge in [0.15, 0.2) is 6.61 Å². The van der Waals surface area contributed by atoms with E-state index in [-0.39, 0.29) is 5.56 Å². The van der Waals surface area contributed by atoms with E-state index in [9.17, 15) is 29.8 Å². The van der Waals surface area contributed by atoms with Crippen LogP contribution in [0.1, 0.15) is 15.9 Å². The van der Waals surface area contributed by atoms with Crippen LogP contribution in [-0.4, -0.2) is 28.3 Å². The minimum Gasteiger partial charge on any atom is -0.484 e. The maximum absolute atomic E-state index is 12.0. The summed E-state index contributed by atoms with van der Waals surface area (Å²) in [5.74, 6) is -1.19. The molecule has 2 aromatic carbocycles. The summed E-state index contributed by atoms with van der Waals surface area (Å²) < 4.78 is 5.22. The molecule has 0 unspecified atom stereocenters. The number of aryl methyl sites for hydroxylation is 1. The van der Waals surface area contributed by atoms with Crippen molar-refractivity contribution >= 4 is 23.2 Å². The summed E-state index contributed by atoms with van der Waals surface area (Å²) in [5, 5.41) is 21.6. The van der Waals surface area contributed by atoms with E-state index in [0.717, 1.165) is 23.8 Å². The number of benzene rings is 2. The highest BCUT2D eigenvalue weighted by molar-refractivity contribution is 5.96. The van der Waals surface area contributed by atoms with Crippen LogP contribution in [-0.2, 0) is 4.79 Å². The van der Waals surface area contributed by atoms with Gasteiger partial charge < -0.3 is 4.74 Å². The third kappa shape index (κ3) is 5.49. The summed E-state index contributed by atoms with van der Waals surface area (Å²) >= 11 is 0. The second-order valence-electron chi connectivity index (χ2n) is 5.36. The molecule has 0 atom stereocenters. The van der Waals surface area contributed by atoms with E-state index in [0.29, 0.717) is 5.75 Å². The molecule has 0 radical (unpaired) electrons. The van der Waals surface area contributed by atoms with Crippen molar-refractivity contribution in [3.05, 3.63) is 73.8 Å². The molecule has 27 heavy (non-hydrogen) atoms. The number of hydrazine groups is 1. The number of nitrogens with zero attached hydrogens (tertiary/aromatic N) is 2. The Morgan fingerprint density at radius 2 is 1.52 bits per heavy atom. The number of rotatable bonds is 6. The molecule has 2 aromatic rings. The SMILES string of the molecule is Cc1ccc(OCC(=O)NNC(=O)c2cc([N+](=O)[O-])cc([N+](=O)[O-])c2)cc1. The number of hydrogen-bond donors (Lipinski definition) is 2. The van der Waals surface area contributed by atoms with Gasteiger partial charge in [0, 0.05) is 12.1 Å². The Morgan fingerprint density at radius 3 is 2.04 bits per heavy atom. The fourth-order valence-corrected chi connectivity index (χ4v) is 1.96. The highest BCUT2D eigenvalue weighted by Gasteiger charge is 2.20. The van der Waals surface area contributed by atoms with Crippen LogP contribution in [0.5, 0.6) is 5.75 Å². The second-order valence-corrected chi connectivity index (χ2v) is 5.36. The maximum atomic E-state index is 12.0. The molecule has 2 N–H and O–H groups in total. The van der Waals surface area contributed by atoms with Crippen LogP contribution in [0.2, 0.25) is 0 Å². The number of nitro benzene ring substituents is 2. The van der Waals surface area contributed by atoms with Crippen molar-refractivity contribution in [1.29, 1.82) is 0 Å². The third-order valence-corrected chi connectivity index (χ3v) is 3.29. The first-order chi connectivity index (χ1) is 12.8. The summed E-state index contributed by atoms with van der Waals surface area (Å²) in [7, 11) is 0. The Balaban J connectivity index is 1.96. The normalized spacial score (nSPS) is 9.96. The van der Waals surface area contributed by atoms with Gasteiger partial charge in [-0.05, 0) is 19.1 Å². The van der Waals surface area contributed by atoms with E-state index in [4.69, 9.17) is 4.74 Å². The number of ether oxygens (including phenoxy) is 1. The number of non-ortho nitro benzene ring substituents is 2. The standard InChI is InChI=1S/C16H14N4O7/c1-10-2-4-14(5-3-10)27-9-15(21)17-18-16(22)11-6-12(19(23)24)8-13(7-11)20(25)26/h2-8H,9H2,1H3,(H,17,21)(H,18,22). The van der Waals surface area contributed by atoms with Crippen molar-refractivity contribution in [2.45, 2.75) is 6.92 Å². The Morgan fingerprint density at radius 1 is 0.963 bits per heavy atom. The Labute approximate surface area is 152 Å². The molecule has 0 aliphatic rings. The lowest BCUT2D eigenvalue weighted by Crippen LogP contribution is -2.43.